The van der Waals surface area contributed by atoms with Gasteiger partial charge in [0.1, 0.15) is 6.61 Å². The Bertz CT molecular complexity index is 365. The fourth-order valence-corrected chi connectivity index (χ4v) is 1.65. The van der Waals surface area contributed by atoms with Crippen LogP contribution >= 0.6 is 0 Å². The first-order valence-corrected chi connectivity index (χ1v) is 5.20. The Balaban J connectivity index is 2.19. The largest absolute Gasteiger partial charge is 0.489 e. The summed E-state index contributed by atoms with van der Waals surface area (Å²) >= 11 is 0. The maximum Gasteiger partial charge on any atom is 0.232 e. The Hall–Kier alpha value is -1.58. The van der Waals surface area contributed by atoms with Gasteiger partial charge in [0.05, 0.1) is 5.92 Å². The van der Waals surface area contributed by atoms with Crippen molar-refractivity contribution < 1.29 is 9.53 Å². The highest BCUT2D eigenvalue weighted by molar-refractivity contribution is 5.93. The van der Waals surface area contributed by atoms with Crippen LogP contribution < -0.4 is 10.1 Å². The van der Waals surface area contributed by atoms with Gasteiger partial charge in [-0.2, -0.15) is 0 Å². The number of nitrogens with zero attached hydrogens (tertiary/aromatic N) is 1. The highest BCUT2D eigenvalue weighted by Crippen LogP contribution is 2.26. The molecule has 0 bridgehead atoms. The summed E-state index contributed by atoms with van der Waals surface area (Å²) in [5.41, 5.74) is 0. The number of pyridine rings is 1. The lowest BCUT2D eigenvalue weighted by Gasteiger charge is -2.10. The Morgan fingerprint density at radius 1 is 1.67 bits per heavy atom. The summed E-state index contributed by atoms with van der Waals surface area (Å²) < 4.78 is 5.54. The van der Waals surface area contributed by atoms with Gasteiger partial charge < -0.3 is 10.1 Å². The van der Waals surface area contributed by atoms with Crippen molar-refractivity contribution in [2.45, 2.75) is 19.8 Å². The molecule has 0 spiro atoms. The molecule has 1 N–H and O–H groups in total. The maximum absolute atomic E-state index is 11.7. The fraction of sp³-hybridized carbons (Fsp3) is 0.455. The van der Waals surface area contributed by atoms with Crippen molar-refractivity contribution in [3.8, 4) is 5.75 Å². The van der Waals surface area contributed by atoms with Gasteiger partial charge in [0, 0.05) is 6.20 Å². The molecule has 1 aliphatic rings. The van der Waals surface area contributed by atoms with Gasteiger partial charge in [-0.05, 0) is 18.6 Å². The van der Waals surface area contributed by atoms with E-state index >= 15 is 0 Å². The molecule has 0 aromatic carbocycles. The molecule has 0 fully saturated rings. The summed E-state index contributed by atoms with van der Waals surface area (Å²) in [7, 11) is 0. The molecule has 4 nitrogen and oxygen atoms in total. The van der Waals surface area contributed by atoms with E-state index in [0.29, 0.717) is 18.2 Å². The molecular weight excluding hydrogens is 192 g/mol. The molecule has 0 radical (unpaired) electrons. The summed E-state index contributed by atoms with van der Waals surface area (Å²) in [6.45, 7) is 2.50. The second kappa shape index (κ2) is 4.29. The van der Waals surface area contributed by atoms with E-state index in [2.05, 4.69) is 17.2 Å². The first-order chi connectivity index (χ1) is 7.31. The van der Waals surface area contributed by atoms with Crippen LogP contribution in [0.5, 0.6) is 5.75 Å². The molecule has 15 heavy (non-hydrogen) atoms. The Labute approximate surface area is 88.7 Å². The summed E-state index contributed by atoms with van der Waals surface area (Å²) in [5.74, 6) is 1.13. The summed E-state index contributed by atoms with van der Waals surface area (Å²) in [6.07, 6.45) is 3.47. The summed E-state index contributed by atoms with van der Waals surface area (Å²) in [5, 5.41) is 2.78. The number of fused-ring (bicyclic) bond motifs is 1. The van der Waals surface area contributed by atoms with E-state index in [-0.39, 0.29) is 11.8 Å². The van der Waals surface area contributed by atoms with Crippen molar-refractivity contribution in [2.75, 3.05) is 11.9 Å². The molecule has 4 heteroatoms. The Morgan fingerprint density at radius 3 is 3.33 bits per heavy atom. The number of carbonyl (C=O) groups excluding carboxylic acids is 1. The van der Waals surface area contributed by atoms with E-state index < -0.39 is 0 Å². The molecule has 0 saturated carbocycles. The molecule has 1 aromatic rings. The van der Waals surface area contributed by atoms with Crippen molar-refractivity contribution in [1.82, 2.24) is 4.98 Å². The molecule has 1 unspecified atom stereocenters. The lowest BCUT2D eigenvalue weighted by molar-refractivity contribution is -0.120. The van der Waals surface area contributed by atoms with Crippen LogP contribution in [-0.4, -0.2) is 17.5 Å². The number of nitrogens with one attached hydrogen (secondary N) is 1. The normalized spacial score (nSPS) is 19.8. The van der Waals surface area contributed by atoms with Crippen LogP contribution in [0.2, 0.25) is 0 Å². The van der Waals surface area contributed by atoms with E-state index in [9.17, 15) is 4.79 Å². The number of hydrogen-bond donors (Lipinski definition) is 1. The predicted octanol–water partition coefficient (Wildman–Crippen LogP) is 1.83. The van der Waals surface area contributed by atoms with Crippen LogP contribution in [0, 0.1) is 5.92 Å². The van der Waals surface area contributed by atoms with Crippen LogP contribution in [0.25, 0.3) is 0 Å². The van der Waals surface area contributed by atoms with Gasteiger partial charge in [-0.1, -0.05) is 13.3 Å². The Kier molecular flexibility index (Phi) is 2.85. The number of carbonyl (C=O) groups is 1. The minimum Gasteiger partial charge on any atom is -0.489 e. The molecule has 1 aromatic heterocycles. The third kappa shape index (κ3) is 2.09. The molecule has 1 aliphatic heterocycles. The average Bonchev–Trinajstić information content (AvgIpc) is 2.40. The predicted molar refractivity (Wildman–Crippen MR) is 56.8 cm³/mol. The molecule has 1 atom stereocenters. The van der Waals surface area contributed by atoms with E-state index in [4.69, 9.17) is 4.74 Å². The minimum absolute atomic E-state index is 0.00861. The van der Waals surface area contributed by atoms with Crippen molar-refractivity contribution in [3.63, 3.8) is 0 Å². The number of rotatable bonds is 2. The number of hydrogen-bond acceptors (Lipinski definition) is 3. The molecule has 2 heterocycles. The van der Waals surface area contributed by atoms with Crippen molar-refractivity contribution in [1.29, 1.82) is 0 Å². The van der Waals surface area contributed by atoms with Crippen LogP contribution in [0.1, 0.15) is 19.8 Å². The molecule has 0 saturated heterocycles. The van der Waals surface area contributed by atoms with Gasteiger partial charge in [0.25, 0.3) is 0 Å². The zero-order chi connectivity index (χ0) is 10.7. The SMILES string of the molecule is CCCC1COc2cccnc2NC1=O. The van der Waals surface area contributed by atoms with Crippen LogP contribution in [0.15, 0.2) is 18.3 Å². The first-order valence-electron chi connectivity index (χ1n) is 5.20. The number of ether oxygens (including phenoxy) is 1. The average molecular weight is 206 g/mol. The van der Waals surface area contributed by atoms with Gasteiger partial charge >= 0.3 is 0 Å². The maximum atomic E-state index is 11.7. The third-order valence-electron chi connectivity index (χ3n) is 2.46. The van der Waals surface area contributed by atoms with E-state index in [1.807, 2.05) is 6.07 Å². The van der Waals surface area contributed by atoms with Gasteiger partial charge in [-0.15, -0.1) is 0 Å². The van der Waals surface area contributed by atoms with E-state index in [1.54, 1.807) is 12.3 Å². The summed E-state index contributed by atoms with van der Waals surface area (Å²) in [4.78, 5) is 15.8. The van der Waals surface area contributed by atoms with Gasteiger partial charge in [-0.25, -0.2) is 4.98 Å². The molecule has 1 amide bonds. The third-order valence-corrected chi connectivity index (χ3v) is 2.46. The number of amides is 1. The van der Waals surface area contributed by atoms with Gasteiger partial charge in [-0.3, -0.25) is 4.79 Å². The minimum atomic E-state index is -0.0656. The van der Waals surface area contributed by atoms with Gasteiger partial charge in [0.2, 0.25) is 5.91 Å². The summed E-state index contributed by atoms with van der Waals surface area (Å²) in [6, 6.07) is 3.61. The van der Waals surface area contributed by atoms with E-state index in [1.165, 1.54) is 0 Å². The van der Waals surface area contributed by atoms with Crippen molar-refractivity contribution >= 4 is 11.7 Å². The molecule has 0 aliphatic carbocycles. The quantitative estimate of drug-likeness (QED) is 0.803. The van der Waals surface area contributed by atoms with Crippen LogP contribution in [0.4, 0.5) is 5.82 Å². The highest BCUT2D eigenvalue weighted by Gasteiger charge is 2.24. The number of anilines is 1. The monoisotopic (exact) mass is 206 g/mol. The molecule has 2 rings (SSSR count). The van der Waals surface area contributed by atoms with E-state index in [0.717, 1.165) is 12.8 Å². The van der Waals surface area contributed by atoms with Crippen molar-refractivity contribution in [2.24, 2.45) is 5.92 Å². The van der Waals surface area contributed by atoms with Gasteiger partial charge in [0.15, 0.2) is 11.6 Å². The Morgan fingerprint density at radius 2 is 2.53 bits per heavy atom. The topological polar surface area (TPSA) is 51.2 Å². The second-order valence-electron chi connectivity index (χ2n) is 3.64. The standard InChI is InChI=1S/C11H14N2O2/c1-2-4-8-7-15-9-5-3-6-12-10(9)13-11(8)14/h3,5-6,8H,2,4,7H2,1H3,(H,12,13,14). The molecule has 80 valence electrons. The fourth-order valence-electron chi connectivity index (χ4n) is 1.65. The first kappa shape index (κ1) is 9.96. The van der Waals surface area contributed by atoms with Crippen molar-refractivity contribution in [3.05, 3.63) is 18.3 Å². The van der Waals surface area contributed by atoms with Crippen LogP contribution in [-0.2, 0) is 4.79 Å². The zero-order valence-corrected chi connectivity index (χ0v) is 8.69. The lowest BCUT2D eigenvalue weighted by Crippen LogP contribution is -2.25. The second-order valence-corrected chi connectivity index (χ2v) is 3.64. The lowest BCUT2D eigenvalue weighted by atomic mass is 10.0. The zero-order valence-electron chi connectivity index (χ0n) is 8.69. The molecular formula is C11H14N2O2. The van der Waals surface area contributed by atoms with Crippen LogP contribution in [0.3, 0.4) is 0 Å². The highest BCUT2D eigenvalue weighted by atomic mass is 16.5. The smallest absolute Gasteiger partial charge is 0.232 e. The number of aromatic nitrogens is 1.